The number of nitrogens with zero attached hydrogens (tertiary/aromatic N) is 2. The number of rotatable bonds is 3. The van der Waals surface area contributed by atoms with Crippen LogP contribution in [0.5, 0.6) is 11.5 Å². The van der Waals surface area contributed by atoms with Crippen LogP contribution in [0.25, 0.3) is 0 Å². The summed E-state index contributed by atoms with van der Waals surface area (Å²) in [5, 5.41) is 13.6. The molecule has 0 spiro atoms. The van der Waals surface area contributed by atoms with Crippen LogP contribution in [0.4, 0.5) is 0 Å². The minimum absolute atomic E-state index is 0.0722. The van der Waals surface area contributed by atoms with E-state index in [1.807, 2.05) is 17.7 Å². The Balaban J connectivity index is 1.50. The molecule has 2 N–H and O–H groups in total. The van der Waals surface area contributed by atoms with Crippen LogP contribution in [-0.2, 0) is 0 Å². The molecule has 0 bridgehead atoms. The van der Waals surface area contributed by atoms with Gasteiger partial charge in [-0.1, -0.05) is 6.07 Å². The number of ether oxygens (including phenoxy) is 2. The summed E-state index contributed by atoms with van der Waals surface area (Å²) >= 11 is 0. The molecule has 1 saturated carbocycles. The number of benzene rings is 1. The van der Waals surface area contributed by atoms with E-state index >= 15 is 0 Å². The van der Waals surface area contributed by atoms with E-state index in [0.29, 0.717) is 36.7 Å². The second-order valence-electron chi connectivity index (χ2n) is 6.43. The molecule has 7 nitrogen and oxygen atoms in total. The molecule has 2 aromatic rings. The largest absolute Gasteiger partial charge is 0.486 e. The van der Waals surface area contributed by atoms with Crippen LogP contribution in [-0.4, -0.2) is 45.9 Å². The Bertz CT molecular complexity index is 788. The van der Waals surface area contributed by atoms with Crippen LogP contribution in [0.1, 0.15) is 35.1 Å². The van der Waals surface area contributed by atoms with Gasteiger partial charge in [0.05, 0.1) is 23.8 Å². The topological polar surface area (TPSA) is 85.6 Å². The number of carbonyl (C=O) groups excluding carboxylic acids is 1. The van der Waals surface area contributed by atoms with E-state index in [-0.39, 0.29) is 18.0 Å². The predicted octanol–water partition coefficient (Wildman–Crippen LogP) is 1.46. The second-order valence-corrected chi connectivity index (χ2v) is 6.43. The molecule has 0 unspecified atom stereocenters. The third kappa shape index (κ3) is 2.84. The number of hydrogen-bond donors (Lipinski definition) is 2. The Labute approximate surface area is 145 Å². The number of amides is 1. The zero-order valence-electron chi connectivity index (χ0n) is 14.0. The molecular weight excluding hydrogens is 322 g/mol. The summed E-state index contributed by atoms with van der Waals surface area (Å²) in [7, 11) is 0. The van der Waals surface area contributed by atoms with Crippen molar-refractivity contribution in [1.29, 1.82) is 0 Å². The van der Waals surface area contributed by atoms with E-state index < -0.39 is 6.10 Å². The highest BCUT2D eigenvalue weighted by molar-refractivity contribution is 5.98. The summed E-state index contributed by atoms with van der Waals surface area (Å²) in [6.45, 7) is 2.81. The fraction of sp³-hybridized carbons (Fsp3) is 0.444. The monoisotopic (exact) mass is 343 g/mol. The molecule has 4 rings (SSSR count). The maximum Gasteiger partial charge on any atom is 0.255 e. The minimum atomic E-state index is -0.659. The van der Waals surface area contributed by atoms with Gasteiger partial charge >= 0.3 is 0 Å². The molecule has 1 amide bonds. The van der Waals surface area contributed by atoms with Crippen molar-refractivity contribution in [3.63, 3.8) is 0 Å². The number of aliphatic hydroxyl groups is 1. The normalized spacial score (nSPS) is 25.0. The first-order chi connectivity index (χ1) is 12.1. The molecule has 1 aromatic carbocycles. The first kappa shape index (κ1) is 16.0. The van der Waals surface area contributed by atoms with E-state index in [9.17, 15) is 9.90 Å². The minimum Gasteiger partial charge on any atom is -0.486 e. The maximum absolute atomic E-state index is 12.7. The van der Waals surface area contributed by atoms with E-state index in [2.05, 4.69) is 10.3 Å². The molecule has 1 aliphatic heterocycles. The Hall–Kier alpha value is -2.54. The number of para-hydroxylation sites is 1. The molecule has 1 aliphatic carbocycles. The van der Waals surface area contributed by atoms with Gasteiger partial charge in [0.1, 0.15) is 19.0 Å². The van der Waals surface area contributed by atoms with Crippen molar-refractivity contribution < 1.29 is 19.4 Å². The van der Waals surface area contributed by atoms with Gasteiger partial charge in [0, 0.05) is 12.4 Å². The molecule has 1 fully saturated rings. The number of aromatic nitrogens is 2. The number of hydrogen-bond acceptors (Lipinski definition) is 5. The van der Waals surface area contributed by atoms with Crippen molar-refractivity contribution in [1.82, 2.24) is 14.9 Å². The Morgan fingerprint density at radius 2 is 2.16 bits per heavy atom. The first-order valence-corrected chi connectivity index (χ1v) is 8.52. The highest BCUT2D eigenvalue weighted by Crippen LogP contribution is 2.35. The molecule has 0 saturated heterocycles. The smallest absolute Gasteiger partial charge is 0.255 e. The Morgan fingerprint density at radius 1 is 1.32 bits per heavy atom. The third-order valence-corrected chi connectivity index (χ3v) is 4.93. The van der Waals surface area contributed by atoms with Gasteiger partial charge in [0.25, 0.3) is 5.91 Å². The van der Waals surface area contributed by atoms with Crippen LogP contribution < -0.4 is 14.8 Å². The third-order valence-electron chi connectivity index (χ3n) is 4.93. The standard InChI is InChI=1S/C18H21N3O4/c1-11-19-7-8-21(11)14-6-5-13(16(14)22)20-18(23)12-3-2-4-15-17(12)25-10-9-24-15/h2-4,7-8,13-14,16,22H,5-6,9-10H2,1H3,(H,20,23)/t13-,14-,16-/m1/s1. The predicted molar refractivity (Wildman–Crippen MR) is 89.9 cm³/mol. The maximum atomic E-state index is 12.7. The van der Waals surface area contributed by atoms with Crippen LogP contribution in [0.2, 0.25) is 0 Å². The number of imidazole rings is 1. The van der Waals surface area contributed by atoms with Crippen LogP contribution in [0.3, 0.4) is 0 Å². The molecular formula is C18H21N3O4. The Morgan fingerprint density at radius 3 is 2.96 bits per heavy atom. The zero-order valence-corrected chi connectivity index (χ0v) is 14.0. The van der Waals surface area contributed by atoms with E-state index in [0.717, 1.165) is 12.2 Å². The summed E-state index contributed by atoms with van der Waals surface area (Å²) in [6.07, 6.45) is 4.43. The summed E-state index contributed by atoms with van der Waals surface area (Å²) in [4.78, 5) is 16.9. The number of carbonyl (C=O) groups is 1. The zero-order chi connectivity index (χ0) is 17.4. The van der Waals surface area contributed by atoms with E-state index in [1.165, 1.54) is 0 Å². The van der Waals surface area contributed by atoms with Crippen molar-refractivity contribution in [3.8, 4) is 11.5 Å². The number of fused-ring (bicyclic) bond motifs is 1. The lowest BCUT2D eigenvalue weighted by Gasteiger charge is -2.24. The van der Waals surface area contributed by atoms with Crippen molar-refractivity contribution >= 4 is 5.91 Å². The van der Waals surface area contributed by atoms with Crippen LogP contribution >= 0.6 is 0 Å². The van der Waals surface area contributed by atoms with Crippen molar-refractivity contribution in [2.45, 2.75) is 38.0 Å². The van der Waals surface area contributed by atoms with Gasteiger partial charge in [-0.15, -0.1) is 0 Å². The number of nitrogens with one attached hydrogen (secondary N) is 1. The van der Waals surface area contributed by atoms with Gasteiger partial charge in [0.15, 0.2) is 11.5 Å². The molecule has 25 heavy (non-hydrogen) atoms. The van der Waals surface area contributed by atoms with Crippen molar-refractivity contribution in [2.75, 3.05) is 13.2 Å². The summed E-state index contributed by atoms with van der Waals surface area (Å²) in [5.41, 5.74) is 0.437. The highest BCUT2D eigenvalue weighted by atomic mass is 16.6. The van der Waals surface area contributed by atoms with Crippen molar-refractivity contribution in [2.24, 2.45) is 0 Å². The second kappa shape index (κ2) is 6.40. The highest BCUT2D eigenvalue weighted by Gasteiger charge is 2.37. The average Bonchev–Trinajstić information content (AvgIpc) is 3.20. The summed E-state index contributed by atoms with van der Waals surface area (Å²) in [5.74, 6) is 1.66. The number of aryl methyl sites for hydroxylation is 1. The summed E-state index contributed by atoms with van der Waals surface area (Å²) in [6, 6.07) is 4.89. The molecule has 0 radical (unpaired) electrons. The lowest BCUT2D eigenvalue weighted by molar-refractivity contribution is 0.0804. The lowest BCUT2D eigenvalue weighted by Crippen LogP contribution is -2.42. The van der Waals surface area contributed by atoms with Gasteiger partial charge in [0.2, 0.25) is 0 Å². The van der Waals surface area contributed by atoms with Crippen LogP contribution in [0.15, 0.2) is 30.6 Å². The fourth-order valence-electron chi connectivity index (χ4n) is 3.66. The van der Waals surface area contributed by atoms with E-state index in [1.54, 1.807) is 24.4 Å². The Kier molecular flexibility index (Phi) is 4.09. The van der Waals surface area contributed by atoms with Crippen molar-refractivity contribution in [3.05, 3.63) is 42.0 Å². The van der Waals surface area contributed by atoms with Gasteiger partial charge < -0.3 is 24.5 Å². The van der Waals surface area contributed by atoms with Gasteiger partial charge in [-0.05, 0) is 31.9 Å². The summed E-state index contributed by atoms with van der Waals surface area (Å²) < 4.78 is 13.1. The molecule has 3 atom stereocenters. The van der Waals surface area contributed by atoms with Gasteiger partial charge in [-0.2, -0.15) is 0 Å². The van der Waals surface area contributed by atoms with Gasteiger partial charge in [-0.3, -0.25) is 4.79 Å². The molecule has 7 heteroatoms. The molecule has 2 aliphatic rings. The molecule has 1 aromatic heterocycles. The lowest BCUT2D eigenvalue weighted by atomic mass is 10.1. The van der Waals surface area contributed by atoms with E-state index in [4.69, 9.17) is 9.47 Å². The molecule has 2 heterocycles. The molecule has 132 valence electrons. The quantitative estimate of drug-likeness (QED) is 0.881. The SMILES string of the molecule is Cc1nccn1[C@@H]1CC[C@@H](NC(=O)c2cccc3c2OCCO3)[C@H]1O. The average molecular weight is 343 g/mol. The number of aliphatic hydroxyl groups excluding tert-OH is 1. The first-order valence-electron chi connectivity index (χ1n) is 8.52. The van der Waals surface area contributed by atoms with Crippen LogP contribution in [0, 0.1) is 6.92 Å². The fourth-order valence-corrected chi connectivity index (χ4v) is 3.66. The van der Waals surface area contributed by atoms with Gasteiger partial charge in [-0.25, -0.2) is 4.98 Å².